The van der Waals surface area contributed by atoms with Gasteiger partial charge in [0.05, 0.1) is 23.7 Å². The number of halogens is 1. The fourth-order valence-corrected chi connectivity index (χ4v) is 3.62. The van der Waals surface area contributed by atoms with Crippen LogP contribution < -0.4 is 0 Å². The maximum atomic E-state index is 5.80. The summed E-state index contributed by atoms with van der Waals surface area (Å²) in [6, 6.07) is 0.428. The van der Waals surface area contributed by atoms with Crippen molar-refractivity contribution in [1.82, 2.24) is 9.88 Å². The topological polar surface area (TPSA) is 25.4 Å². The lowest BCUT2D eigenvalue weighted by atomic mass is 10.2. The smallest absolute Gasteiger partial charge is 0.110 e. The van der Waals surface area contributed by atoms with Crippen LogP contribution in [-0.2, 0) is 10.6 Å². The standard InChI is InChI=1S/C12H19ClN2OS/c1-3-11(12-14-9(6-13)8-17-12)15-5-4-10(7-15)16-2/h8,10-11H,3-7H2,1-2H3. The Kier molecular flexibility index (Phi) is 4.79. The Bertz CT molecular complexity index is 358. The lowest BCUT2D eigenvalue weighted by molar-refractivity contribution is 0.100. The van der Waals surface area contributed by atoms with E-state index in [4.69, 9.17) is 16.3 Å². The first-order valence-electron chi connectivity index (χ1n) is 6.05. The third kappa shape index (κ3) is 2.99. The zero-order valence-corrected chi connectivity index (χ0v) is 11.9. The van der Waals surface area contributed by atoms with E-state index in [0.717, 1.165) is 31.6 Å². The van der Waals surface area contributed by atoms with Gasteiger partial charge in [0.1, 0.15) is 5.01 Å². The van der Waals surface area contributed by atoms with Crippen molar-refractivity contribution in [3.05, 3.63) is 16.1 Å². The minimum Gasteiger partial charge on any atom is -0.380 e. The number of nitrogens with zero attached hydrogens (tertiary/aromatic N) is 2. The molecule has 0 amide bonds. The molecule has 1 fully saturated rings. The van der Waals surface area contributed by atoms with Crippen LogP contribution in [0, 0.1) is 0 Å². The molecule has 5 heteroatoms. The van der Waals surface area contributed by atoms with E-state index in [1.165, 1.54) is 5.01 Å². The second-order valence-electron chi connectivity index (χ2n) is 4.38. The van der Waals surface area contributed by atoms with Crippen LogP contribution in [0.25, 0.3) is 0 Å². The van der Waals surface area contributed by atoms with Crippen molar-refractivity contribution in [2.45, 2.75) is 37.8 Å². The van der Waals surface area contributed by atoms with Gasteiger partial charge in [-0.3, -0.25) is 4.90 Å². The molecule has 3 nitrogen and oxygen atoms in total. The highest BCUT2D eigenvalue weighted by atomic mass is 35.5. The Morgan fingerprint density at radius 2 is 2.53 bits per heavy atom. The van der Waals surface area contributed by atoms with Gasteiger partial charge in [-0.25, -0.2) is 4.98 Å². The van der Waals surface area contributed by atoms with Gasteiger partial charge in [0, 0.05) is 25.6 Å². The van der Waals surface area contributed by atoms with Crippen molar-refractivity contribution in [2.75, 3.05) is 20.2 Å². The van der Waals surface area contributed by atoms with Gasteiger partial charge in [0.2, 0.25) is 0 Å². The average molecular weight is 275 g/mol. The van der Waals surface area contributed by atoms with Crippen LogP contribution in [0.5, 0.6) is 0 Å². The van der Waals surface area contributed by atoms with Gasteiger partial charge in [0.15, 0.2) is 0 Å². The van der Waals surface area contributed by atoms with Gasteiger partial charge in [-0.05, 0) is 12.8 Å². The lowest BCUT2D eigenvalue weighted by Gasteiger charge is -2.24. The Morgan fingerprint density at radius 1 is 1.71 bits per heavy atom. The SMILES string of the molecule is CCC(c1nc(CCl)cs1)N1CCC(OC)C1. The van der Waals surface area contributed by atoms with Crippen molar-refractivity contribution >= 4 is 22.9 Å². The van der Waals surface area contributed by atoms with Crippen molar-refractivity contribution in [3.8, 4) is 0 Å². The molecule has 1 saturated heterocycles. The molecule has 0 aromatic carbocycles. The maximum absolute atomic E-state index is 5.80. The van der Waals surface area contributed by atoms with Crippen LogP contribution in [0.15, 0.2) is 5.38 Å². The summed E-state index contributed by atoms with van der Waals surface area (Å²) in [5.41, 5.74) is 0.993. The van der Waals surface area contributed by atoms with Crippen molar-refractivity contribution in [3.63, 3.8) is 0 Å². The first kappa shape index (κ1) is 13.3. The van der Waals surface area contributed by atoms with Crippen molar-refractivity contribution in [1.29, 1.82) is 0 Å². The number of rotatable bonds is 5. The van der Waals surface area contributed by atoms with E-state index in [1.807, 2.05) is 0 Å². The fourth-order valence-electron chi connectivity index (χ4n) is 2.36. The molecule has 0 radical (unpaired) electrons. The number of ether oxygens (including phenoxy) is 1. The van der Waals surface area contributed by atoms with Crippen molar-refractivity contribution < 1.29 is 4.74 Å². The molecule has 1 aromatic rings. The quantitative estimate of drug-likeness (QED) is 0.772. The van der Waals surface area contributed by atoms with Crippen molar-refractivity contribution in [2.24, 2.45) is 0 Å². The van der Waals surface area contributed by atoms with E-state index >= 15 is 0 Å². The van der Waals surface area contributed by atoms with Gasteiger partial charge in [-0.2, -0.15) is 0 Å². The molecule has 0 N–H and O–H groups in total. The number of aromatic nitrogens is 1. The summed E-state index contributed by atoms with van der Waals surface area (Å²) in [4.78, 5) is 7.08. The number of likely N-dealkylation sites (tertiary alicyclic amines) is 1. The number of hydrogen-bond donors (Lipinski definition) is 0. The summed E-state index contributed by atoms with van der Waals surface area (Å²) >= 11 is 7.53. The summed E-state index contributed by atoms with van der Waals surface area (Å²) in [6.45, 7) is 4.34. The van der Waals surface area contributed by atoms with Crippen LogP contribution in [0.2, 0.25) is 0 Å². The normalized spacial score (nSPS) is 23.1. The number of hydrogen-bond acceptors (Lipinski definition) is 4. The molecule has 2 heterocycles. The molecule has 0 aliphatic carbocycles. The van der Waals surface area contributed by atoms with Gasteiger partial charge in [-0.1, -0.05) is 6.92 Å². The molecule has 96 valence electrons. The Morgan fingerprint density at radius 3 is 3.06 bits per heavy atom. The molecular formula is C12H19ClN2OS. The first-order valence-corrected chi connectivity index (χ1v) is 7.47. The minimum absolute atomic E-state index is 0.386. The molecule has 1 aliphatic heterocycles. The second-order valence-corrected chi connectivity index (χ2v) is 5.53. The Balaban J connectivity index is 2.06. The summed E-state index contributed by atoms with van der Waals surface area (Å²) in [5.74, 6) is 0.508. The largest absolute Gasteiger partial charge is 0.380 e. The van der Waals surface area contributed by atoms with Gasteiger partial charge in [0.25, 0.3) is 0 Å². The second kappa shape index (κ2) is 6.14. The third-order valence-electron chi connectivity index (χ3n) is 3.33. The molecule has 0 spiro atoms. The zero-order chi connectivity index (χ0) is 12.3. The molecular weight excluding hydrogens is 256 g/mol. The number of thiazole rings is 1. The van der Waals surface area contributed by atoms with E-state index in [0.29, 0.717) is 18.0 Å². The molecule has 2 unspecified atom stereocenters. The van der Waals surface area contributed by atoms with Gasteiger partial charge >= 0.3 is 0 Å². The maximum Gasteiger partial charge on any atom is 0.110 e. The highest BCUT2D eigenvalue weighted by Gasteiger charge is 2.29. The Labute approximate surface area is 112 Å². The first-order chi connectivity index (χ1) is 8.28. The van der Waals surface area contributed by atoms with Crippen LogP contribution in [0.1, 0.15) is 36.5 Å². The van der Waals surface area contributed by atoms with E-state index < -0.39 is 0 Å². The molecule has 17 heavy (non-hydrogen) atoms. The summed E-state index contributed by atoms with van der Waals surface area (Å²) in [7, 11) is 1.80. The third-order valence-corrected chi connectivity index (χ3v) is 4.60. The molecule has 2 rings (SSSR count). The highest BCUT2D eigenvalue weighted by Crippen LogP contribution is 2.30. The van der Waals surface area contributed by atoms with E-state index in [-0.39, 0.29) is 0 Å². The Hall–Kier alpha value is -0.160. The number of alkyl halides is 1. The summed E-state index contributed by atoms with van der Waals surface area (Å²) in [6.07, 6.45) is 2.60. The summed E-state index contributed by atoms with van der Waals surface area (Å²) in [5, 5.41) is 3.26. The van der Waals surface area contributed by atoms with Crippen LogP contribution in [0.4, 0.5) is 0 Å². The molecule has 1 aromatic heterocycles. The predicted molar refractivity (Wildman–Crippen MR) is 71.7 cm³/mol. The molecule has 0 saturated carbocycles. The fraction of sp³-hybridized carbons (Fsp3) is 0.750. The van der Waals surface area contributed by atoms with E-state index in [2.05, 4.69) is 22.2 Å². The number of methoxy groups -OCH3 is 1. The molecule has 0 bridgehead atoms. The summed E-state index contributed by atoms with van der Waals surface area (Å²) < 4.78 is 5.42. The highest BCUT2D eigenvalue weighted by molar-refractivity contribution is 7.09. The zero-order valence-electron chi connectivity index (χ0n) is 10.4. The lowest BCUT2D eigenvalue weighted by Crippen LogP contribution is -2.27. The van der Waals surface area contributed by atoms with Crippen LogP contribution in [-0.4, -0.2) is 36.2 Å². The molecule has 1 aliphatic rings. The molecule has 2 atom stereocenters. The average Bonchev–Trinajstić information content (AvgIpc) is 2.99. The predicted octanol–water partition coefficient (Wildman–Crippen LogP) is 3.05. The van der Waals surface area contributed by atoms with Gasteiger partial charge in [-0.15, -0.1) is 22.9 Å². The van der Waals surface area contributed by atoms with Crippen LogP contribution in [0.3, 0.4) is 0 Å². The minimum atomic E-state index is 0.386. The van der Waals surface area contributed by atoms with E-state index in [9.17, 15) is 0 Å². The van der Waals surface area contributed by atoms with E-state index in [1.54, 1.807) is 18.4 Å². The van der Waals surface area contributed by atoms with Gasteiger partial charge < -0.3 is 4.74 Å². The monoisotopic (exact) mass is 274 g/mol. The van der Waals surface area contributed by atoms with Crippen LogP contribution >= 0.6 is 22.9 Å².